The van der Waals surface area contributed by atoms with E-state index in [2.05, 4.69) is 25.9 Å². The molecule has 21 heavy (non-hydrogen) atoms. The molecule has 1 aromatic carbocycles. The van der Waals surface area contributed by atoms with Gasteiger partial charge in [0.05, 0.1) is 15.9 Å². The van der Waals surface area contributed by atoms with Crippen LogP contribution in [0.3, 0.4) is 0 Å². The molecule has 0 aliphatic rings. The smallest absolute Gasteiger partial charge is 0.323 e. The molecular formula is C11H12BrN3O5S. The maximum atomic E-state index is 12.5. The number of carbonyl (C=O) groups is 1. The highest BCUT2D eigenvalue weighted by atomic mass is 79.9. The van der Waals surface area contributed by atoms with Crippen LogP contribution in [0.2, 0.25) is 0 Å². The summed E-state index contributed by atoms with van der Waals surface area (Å²) in [5.74, 6) is -1.26. The van der Waals surface area contributed by atoms with Crippen molar-refractivity contribution in [1.29, 1.82) is 0 Å². The van der Waals surface area contributed by atoms with Crippen molar-refractivity contribution in [2.24, 2.45) is 0 Å². The number of halogens is 1. The molecule has 2 rings (SSSR count). The third-order valence-electron chi connectivity index (χ3n) is 3.13. The third kappa shape index (κ3) is 2.74. The summed E-state index contributed by atoms with van der Waals surface area (Å²) >= 11 is 3.13. The number of H-pyrrole nitrogens is 2. The van der Waals surface area contributed by atoms with Crippen LogP contribution < -0.4 is 5.69 Å². The number of fused-ring (bicyclic) bond motifs is 1. The molecule has 0 spiro atoms. The van der Waals surface area contributed by atoms with Gasteiger partial charge in [0.1, 0.15) is 6.04 Å². The van der Waals surface area contributed by atoms with Crippen molar-refractivity contribution in [2.45, 2.75) is 17.9 Å². The minimum Gasteiger partial charge on any atom is -0.480 e. The quantitative estimate of drug-likeness (QED) is 0.723. The Hall–Kier alpha value is -1.65. The highest BCUT2D eigenvalue weighted by Crippen LogP contribution is 2.28. The molecule has 0 saturated carbocycles. The lowest BCUT2D eigenvalue weighted by atomic mass is 10.3. The van der Waals surface area contributed by atoms with Crippen LogP contribution in [0.4, 0.5) is 0 Å². The van der Waals surface area contributed by atoms with Crippen LogP contribution in [0.15, 0.2) is 26.3 Å². The highest BCUT2D eigenvalue weighted by Gasteiger charge is 2.31. The van der Waals surface area contributed by atoms with E-state index in [1.165, 1.54) is 26.1 Å². The number of carboxylic acid groups (broad SMARTS) is 1. The molecule has 0 saturated heterocycles. The predicted octanol–water partition coefficient (Wildman–Crippen LogP) is 0.712. The number of hydrogen-bond acceptors (Lipinski definition) is 4. The molecule has 10 heteroatoms. The maximum absolute atomic E-state index is 12.5. The van der Waals surface area contributed by atoms with E-state index in [-0.39, 0.29) is 9.37 Å². The fourth-order valence-electron chi connectivity index (χ4n) is 1.75. The van der Waals surface area contributed by atoms with Crippen LogP contribution in [-0.4, -0.2) is 46.9 Å². The number of rotatable bonds is 4. The second-order valence-electron chi connectivity index (χ2n) is 4.44. The van der Waals surface area contributed by atoms with Crippen LogP contribution in [0.5, 0.6) is 0 Å². The van der Waals surface area contributed by atoms with Gasteiger partial charge in [-0.25, -0.2) is 13.2 Å². The summed E-state index contributed by atoms with van der Waals surface area (Å²) in [6, 6.07) is 1.50. The molecule has 0 aliphatic heterocycles. The Kier molecular flexibility index (Phi) is 3.95. The van der Waals surface area contributed by atoms with E-state index in [1.807, 2.05) is 0 Å². The second-order valence-corrected chi connectivity index (χ2v) is 7.26. The first-order valence-corrected chi connectivity index (χ1v) is 8.00. The van der Waals surface area contributed by atoms with Gasteiger partial charge in [-0.1, -0.05) is 0 Å². The van der Waals surface area contributed by atoms with Gasteiger partial charge in [0.25, 0.3) is 0 Å². The fraction of sp³-hybridized carbons (Fsp3) is 0.273. The van der Waals surface area contributed by atoms with E-state index in [4.69, 9.17) is 5.11 Å². The summed E-state index contributed by atoms with van der Waals surface area (Å²) in [5.41, 5.74) is 0.302. The van der Waals surface area contributed by atoms with Crippen LogP contribution in [0.25, 0.3) is 11.0 Å². The van der Waals surface area contributed by atoms with Gasteiger partial charge in [0.2, 0.25) is 10.0 Å². The van der Waals surface area contributed by atoms with E-state index < -0.39 is 27.7 Å². The van der Waals surface area contributed by atoms with Crippen molar-refractivity contribution in [3.8, 4) is 0 Å². The van der Waals surface area contributed by atoms with Crippen molar-refractivity contribution in [2.75, 3.05) is 7.05 Å². The first-order valence-electron chi connectivity index (χ1n) is 5.77. The molecule has 0 aliphatic carbocycles. The lowest BCUT2D eigenvalue weighted by molar-refractivity contribution is -0.140. The van der Waals surface area contributed by atoms with Gasteiger partial charge in [0.15, 0.2) is 0 Å². The number of nitrogens with one attached hydrogen (secondary N) is 2. The molecular weight excluding hydrogens is 366 g/mol. The molecule has 0 amide bonds. The second kappa shape index (κ2) is 5.28. The van der Waals surface area contributed by atoms with Gasteiger partial charge < -0.3 is 15.1 Å². The Balaban J connectivity index is 2.61. The molecule has 0 bridgehead atoms. The van der Waals surface area contributed by atoms with Gasteiger partial charge in [0, 0.05) is 11.5 Å². The van der Waals surface area contributed by atoms with Gasteiger partial charge in [-0.15, -0.1) is 0 Å². The molecule has 1 atom stereocenters. The number of benzene rings is 1. The zero-order chi connectivity index (χ0) is 15.9. The maximum Gasteiger partial charge on any atom is 0.323 e. The van der Waals surface area contributed by atoms with Crippen molar-refractivity contribution in [3.05, 3.63) is 27.1 Å². The van der Waals surface area contributed by atoms with E-state index in [9.17, 15) is 18.0 Å². The molecule has 1 unspecified atom stereocenters. The van der Waals surface area contributed by atoms with Crippen LogP contribution in [-0.2, 0) is 14.8 Å². The Morgan fingerprint density at radius 2 is 1.86 bits per heavy atom. The number of aliphatic carboxylic acids is 1. The Morgan fingerprint density at radius 1 is 1.33 bits per heavy atom. The van der Waals surface area contributed by atoms with Crippen LogP contribution in [0, 0.1) is 0 Å². The van der Waals surface area contributed by atoms with E-state index >= 15 is 0 Å². The molecule has 0 fully saturated rings. The topological polar surface area (TPSA) is 123 Å². The predicted molar refractivity (Wildman–Crippen MR) is 78.7 cm³/mol. The van der Waals surface area contributed by atoms with Crippen molar-refractivity contribution >= 4 is 43.0 Å². The summed E-state index contributed by atoms with van der Waals surface area (Å²) in [6.45, 7) is 1.27. The largest absolute Gasteiger partial charge is 0.480 e. The number of imidazole rings is 1. The number of hydrogen-bond donors (Lipinski definition) is 3. The van der Waals surface area contributed by atoms with Crippen molar-refractivity contribution in [1.82, 2.24) is 14.3 Å². The lowest BCUT2D eigenvalue weighted by Crippen LogP contribution is -2.40. The van der Waals surface area contributed by atoms with E-state index in [0.717, 1.165) is 4.31 Å². The average molecular weight is 378 g/mol. The molecule has 1 aromatic heterocycles. The zero-order valence-electron chi connectivity index (χ0n) is 11.0. The minimum atomic E-state index is -4.03. The standard InChI is InChI=1S/C11H12BrN3O5S/c1-5(10(16)17)15(2)21(19,20)9-4-8-7(3-6(9)12)13-11(18)14-8/h3-5H,1-2H3,(H,16,17)(H2,13,14,18). The minimum absolute atomic E-state index is 0.124. The van der Waals surface area contributed by atoms with Gasteiger partial charge >= 0.3 is 11.7 Å². The first-order chi connectivity index (χ1) is 9.64. The normalized spacial score (nSPS) is 13.7. The Morgan fingerprint density at radius 3 is 2.38 bits per heavy atom. The molecule has 114 valence electrons. The summed E-state index contributed by atoms with van der Waals surface area (Å²) < 4.78 is 25.9. The number of sulfonamides is 1. The molecule has 3 N–H and O–H groups in total. The Bertz CT molecular complexity index is 870. The monoisotopic (exact) mass is 377 g/mol. The number of carboxylic acids is 1. The fourth-order valence-corrected chi connectivity index (χ4v) is 4.10. The Labute approximate surface area is 128 Å². The van der Waals surface area contributed by atoms with Gasteiger partial charge in [-0.05, 0) is 35.0 Å². The van der Waals surface area contributed by atoms with E-state index in [1.54, 1.807) is 0 Å². The van der Waals surface area contributed by atoms with Crippen molar-refractivity contribution < 1.29 is 18.3 Å². The number of likely N-dealkylation sites (N-methyl/N-ethyl adjacent to an activating group) is 1. The average Bonchev–Trinajstić information content (AvgIpc) is 2.74. The van der Waals surface area contributed by atoms with Crippen molar-refractivity contribution in [3.63, 3.8) is 0 Å². The number of aromatic amines is 2. The lowest BCUT2D eigenvalue weighted by Gasteiger charge is -2.21. The first kappa shape index (κ1) is 15.7. The number of nitrogens with zero attached hydrogens (tertiary/aromatic N) is 1. The molecule has 1 heterocycles. The highest BCUT2D eigenvalue weighted by molar-refractivity contribution is 9.10. The summed E-state index contributed by atoms with van der Waals surface area (Å²) in [5, 5.41) is 8.94. The van der Waals surface area contributed by atoms with Crippen LogP contribution in [0.1, 0.15) is 6.92 Å². The molecule has 8 nitrogen and oxygen atoms in total. The summed E-state index contributed by atoms with van der Waals surface area (Å²) in [7, 11) is -2.84. The van der Waals surface area contributed by atoms with Gasteiger partial charge in [-0.3, -0.25) is 4.79 Å². The SMILES string of the molecule is CC(C(=O)O)N(C)S(=O)(=O)c1cc2[nH]c(=O)[nH]c2cc1Br. The van der Waals surface area contributed by atoms with E-state index in [0.29, 0.717) is 11.0 Å². The zero-order valence-corrected chi connectivity index (χ0v) is 13.4. The molecule has 0 radical (unpaired) electrons. The summed E-state index contributed by atoms with van der Waals surface area (Å²) in [6.07, 6.45) is 0. The third-order valence-corrected chi connectivity index (χ3v) is 6.01. The van der Waals surface area contributed by atoms with Crippen LogP contribution >= 0.6 is 15.9 Å². The molecule has 2 aromatic rings. The van der Waals surface area contributed by atoms with Gasteiger partial charge in [-0.2, -0.15) is 4.31 Å². The summed E-state index contributed by atoms with van der Waals surface area (Å²) in [4.78, 5) is 27.0. The number of aromatic nitrogens is 2.